The first kappa shape index (κ1) is 21.6. The third-order valence-corrected chi connectivity index (χ3v) is 5.95. The van der Waals surface area contributed by atoms with Gasteiger partial charge in [-0.05, 0) is 42.0 Å². The molecule has 1 fully saturated rings. The molecule has 34 heavy (non-hydrogen) atoms. The largest absolute Gasteiger partial charge is 0.342 e. The number of benzene rings is 3. The van der Waals surface area contributed by atoms with Crippen LogP contribution < -0.4 is 10.2 Å². The van der Waals surface area contributed by atoms with E-state index in [1.807, 2.05) is 59.3 Å². The van der Waals surface area contributed by atoms with Crippen molar-refractivity contribution in [2.24, 2.45) is 0 Å². The molecule has 0 radical (unpaired) electrons. The molecule has 0 atom stereocenters. The fraction of sp³-hybridized carbons (Fsp3) is 0.0385. The first-order valence-corrected chi connectivity index (χ1v) is 10.8. The van der Waals surface area contributed by atoms with Crippen LogP contribution in [0.3, 0.4) is 0 Å². The van der Waals surface area contributed by atoms with Crippen molar-refractivity contribution in [1.82, 2.24) is 9.88 Å². The summed E-state index contributed by atoms with van der Waals surface area (Å²) in [4.78, 5) is 38.9. The molecule has 2 heterocycles. The van der Waals surface area contributed by atoms with Gasteiger partial charge in [-0.15, -0.1) is 0 Å². The number of aromatic nitrogens is 1. The number of halogens is 2. The minimum absolute atomic E-state index is 0.0297. The highest BCUT2D eigenvalue weighted by Gasteiger charge is 2.37. The number of nitrogens with zero attached hydrogens (tertiary/aromatic N) is 2. The molecule has 0 spiro atoms. The predicted molar refractivity (Wildman–Crippen MR) is 128 cm³/mol. The molecule has 6 nitrogen and oxygen atoms in total. The number of hydrogen-bond acceptors (Lipinski definition) is 3. The van der Waals surface area contributed by atoms with E-state index in [1.54, 1.807) is 0 Å². The van der Waals surface area contributed by atoms with E-state index in [9.17, 15) is 18.8 Å². The van der Waals surface area contributed by atoms with Gasteiger partial charge >= 0.3 is 6.03 Å². The van der Waals surface area contributed by atoms with Gasteiger partial charge in [0, 0.05) is 34.2 Å². The second-order valence-electron chi connectivity index (χ2n) is 7.76. The highest BCUT2D eigenvalue weighted by molar-refractivity contribution is 6.39. The maximum absolute atomic E-state index is 13.7. The molecule has 4 amide bonds. The van der Waals surface area contributed by atoms with Crippen LogP contribution in [-0.4, -0.2) is 22.4 Å². The summed E-state index contributed by atoms with van der Waals surface area (Å²) in [7, 11) is 0. The van der Waals surface area contributed by atoms with Crippen molar-refractivity contribution >= 4 is 52.1 Å². The Morgan fingerprint density at radius 1 is 0.941 bits per heavy atom. The van der Waals surface area contributed by atoms with Crippen LogP contribution in [0.4, 0.5) is 14.9 Å². The molecule has 0 aliphatic carbocycles. The van der Waals surface area contributed by atoms with Crippen molar-refractivity contribution in [3.63, 3.8) is 0 Å². The Bertz CT molecular complexity index is 1510. The first-order valence-electron chi connectivity index (χ1n) is 10.4. The number of hydrogen-bond donors (Lipinski definition) is 1. The van der Waals surface area contributed by atoms with Crippen molar-refractivity contribution in [1.29, 1.82) is 0 Å². The summed E-state index contributed by atoms with van der Waals surface area (Å²) >= 11 is 6.34. The Balaban J connectivity index is 1.58. The molecule has 3 aromatic carbocycles. The van der Waals surface area contributed by atoms with E-state index in [2.05, 4.69) is 5.32 Å². The van der Waals surface area contributed by atoms with Gasteiger partial charge in [0.25, 0.3) is 11.8 Å². The summed E-state index contributed by atoms with van der Waals surface area (Å²) in [6.07, 6.45) is 3.27. The van der Waals surface area contributed by atoms with E-state index in [4.69, 9.17) is 11.6 Å². The number of rotatable bonds is 4. The topological polar surface area (TPSA) is 71.4 Å². The van der Waals surface area contributed by atoms with Crippen LogP contribution in [0.5, 0.6) is 0 Å². The molecule has 1 aliphatic heterocycles. The lowest BCUT2D eigenvalue weighted by Crippen LogP contribution is -2.54. The number of carbonyl (C=O) groups is 3. The predicted octanol–water partition coefficient (Wildman–Crippen LogP) is 5.15. The molecule has 0 unspecified atom stereocenters. The van der Waals surface area contributed by atoms with Crippen molar-refractivity contribution in [2.75, 3.05) is 4.90 Å². The molecule has 1 aliphatic rings. The maximum Gasteiger partial charge on any atom is 0.335 e. The monoisotopic (exact) mass is 473 g/mol. The third kappa shape index (κ3) is 3.86. The highest BCUT2D eigenvalue weighted by Crippen LogP contribution is 2.28. The van der Waals surface area contributed by atoms with Gasteiger partial charge in [0.1, 0.15) is 11.4 Å². The van der Waals surface area contributed by atoms with Crippen LogP contribution in [-0.2, 0) is 16.1 Å². The molecule has 0 saturated carbocycles. The minimum Gasteiger partial charge on any atom is -0.342 e. The molecule has 0 bridgehead atoms. The van der Waals surface area contributed by atoms with Crippen LogP contribution in [0.2, 0.25) is 5.02 Å². The molecule has 8 heteroatoms. The summed E-state index contributed by atoms with van der Waals surface area (Å²) in [5.41, 5.74) is 2.22. The van der Waals surface area contributed by atoms with Crippen LogP contribution in [0.1, 0.15) is 11.1 Å². The zero-order chi connectivity index (χ0) is 23.8. The minimum atomic E-state index is -0.932. The average molecular weight is 474 g/mol. The maximum atomic E-state index is 13.7. The van der Waals surface area contributed by atoms with Crippen molar-refractivity contribution in [2.45, 2.75) is 6.54 Å². The van der Waals surface area contributed by atoms with E-state index in [1.165, 1.54) is 24.3 Å². The molecule has 1 saturated heterocycles. The fourth-order valence-electron chi connectivity index (χ4n) is 3.99. The number of fused-ring (bicyclic) bond motifs is 1. The second-order valence-corrected chi connectivity index (χ2v) is 8.17. The summed E-state index contributed by atoms with van der Waals surface area (Å²) in [6, 6.07) is 19.2. The van der Waals surface area contributed by atoms with E-state index < -0.39 is 23.7 Å². The molecular weight excluding hydrogens is 457 g/mol. The zero-order valence-electron chi connectivity index (χ0n) is 17.7. The molecule has 5 rings (SSSR count). The molecule has 4 aromatic rings. The quantitative estimate of drug-likeness (QED) is 0.329. The van der Waals surface area contributed by atoms with E-state index in [0.29, 0.717) is 17.1 Å². The van der Waals surface area contributed by atoms with Gasteiger partial charge in [-0.2, -0.15) is 0 Å². The summed E-state index contributed by atoms with van der Waals surface area (Å²) in [6.45, 7) is 0.484. The number of para-hydroxylation sites is 1. The summed E-state index contributed by atoms with van der Waals surface area (Å²) in [5.74, 6) is -2.25. The van der Waals surface area contributed by atoms with Crippen molar-refractivity contribution in [3.8, 4) is 0 Å². The number of anilines is 1. The first-order chi connectivity index (χ1) is 16.4. The number of imide groups is 2. The van der Waals surface area contributed by atoms with E-state index in [0.717, 1.165) is 27.4 Å². The number of urea groups is 1. The number of amides is 4. The van der Waals surface area contributed by atoms with Crippen molar-refractivity contribution < 1.29 is 18.8 Å². The van der Waals surface area contributed by atoms with Gasteiger partial charge < -0.3 is 4.57 Å². The number of nitrogens with one attached hydrogen (secondary N) is 1. The van der Waals surface area contributed by atoms with E-state index >= 15 is 0 Å². The fourth-order valence-corrected chi connectivity index (χ4v) is 4.19. The second kappa shape index (κ2) is 8.61. The van der Waals surface area contributed by atoms with Gasteiger partial charge in [0.15, 0.2) is 0 Å². The summed E-state index contributed by atoms with van der Waals surface area (Å²) < 4.78 is 15.7. The van der Waals surface area contributed by atoms with Crippen LogP contribution in [0.15, 0.2) is 84.6 Å². The Morgan fingerprint density at radius 3 is 2.50 bits per heavy atom. The lowest BCUT2D eigenvalue weighted by molar-refractivity contribution is -0.122. The van der Waals surface area contributed by atoms with Crippen LogP contribution in [0, 0.1) is 5.82 Å². The molecule has 1 aromatic heterocycles. The Labute approximate surface area is 198 Å². The van der Waals surface area contributed by atoms with Crippen LogP contribution in [0.25, 0.3) is 17.0 Å². The number of carbonyl (C=O) groups excluding carboxylic acids is 3. The van der Waals surface area contributed by atoms with Gasteiger partial charge in [-0.3, -0.25) is 14.9 Å². The van der Waals surface area contributed by atoms with Gasteiger partial charge in [0.2, 0.25) is 0 Å². The smallest absolute Gasteiger partial charge is 0.335 e. The summed E-state index contributed by atoms with van der Waals surface area (Å²) in [5, 5.41) is 3.61. The van der Waals surface area contributed by atoms with E-state index in [-0.39, 0.29) is 11.3 Å². The van der Waals surface area contributed by atoms with Gasteiger partial charge in [-0.25, -0.2) is 14.1 Å². The highest BCUT2D eigenvalue weighted by atomic mass is 35.5. The number of barbiturate groups is 1. The Kier molecular flexibility index (Phi) is 5.47. The lowest BCUT2D eigenvalue weighted by atomic mass is 10.1. The SMILES string of the molecule is O=C1NC(=O)N(c2cccc(F)c2)C(=O)/C1=C/c1cn(Cc2ccccc2Cl)c2ccccc12. The lowest BCUT2D eigenvalue weighted by Gasteiger charge is -2.26. The van der Waals surface area contributed by atoms with Gasteiger partial charge in [-0.1, -0.05) is 54.1 Å². The Morgan fingerprint density at radius 2 is 1.71 bits per heavy atom. The third-order valence-electron chi connectivity index (χ3n) is 5.59. The van der Waals surface area contributed by atoms with Gasteiger partial charge in [0.05, 0.1) is 5.69 Å². The van der Waals surface area contributed by atoms with Crippen LogP contribution >= 0.6 is 11.6 Å². The standard InChI is InChI=1S/C26H17ClFN3O3/c27-22-10-3-1-6-16(22)14-30-15-17(20-9-2-4-11-23(20)30)12-21-24(32)29-26(34)31(25(21)33)19-8-5-7-18(28)13-19/h1-13,15H,14H2,(H,29,32,34)/b21-12+. The van der Waals surface area contributed by atoms with Crippen molar-refractivity contribution in [3.05, 3.63) is 107 Å². The normalized spacial score (nSPS) is 15.3. The molecule has 168 valence electrons. The molecule has 1 N–H and O–H groups in total. The Hall–Kier alpha value is -4.23. The average Bonchev–Trinajstić information content (AvgIpc) is 3.15. The zero-order valence-corrected chi connectivity index (χ0v) is 18.4. The molecular formula is C26H17ClFN3O3.